The average Bonchev–Trinajstić information content (AvgIpc) is 3.38. The zero-order chi connectivity index (χ0) is 52.2. The van der Waals surface area contributed by atoms with Crippen molar-refractivity contribution >= 4 is 5.91 Å². The molecule has 418 valence electrons. The van der Waals surface area contributed by atoms with Crippen molar-refractivity contribution in [3.05, 3.63) is 72.9 Å². The van der Waals surface area contributed by atoms with Gasteiger partial charge in [0.05, 0.1) is 25.4 Å². The van der Waals surface area contributed by atoms with Gasteiger partial charge in [0.2, 0.25) is 5.91 Å². The van der Waals surface area contributed by atoms with Crippen LogP contribution < -0.4 is 5.32 Å². The molecule has 0 saturated carbocycles. The van der Waals surface area contributed by atoms with Crippen LogP contribution in [0, 0.1) is 0 Å². The molecule has 0 spiro atoms. The number of carbonyl (C=O) groups excluding carboxylic acids is 1. The maximum absolute atomic E-state index is 13.0. The van der Waals surface area contributed by atoms with Crippen LogP contribution in [0.5, 0.6) is 0 Å². The fourth-order valence-electron chi connectivity index (χ4n) is 9.34. The first-order valence-corrected chi connectivity index (χ1v) is 30.1. The number of allylic oxidation sites excluding steroid dienone is 12. The quantitative estimate of drug-likeness (QED) is 0.0261. The van der Waals surface area contributed by atoms with Gasteiger partial charge in [-0.15, -0.1) is 0 Å². The average molecular weight is 1010 g/mol. The van der Waals surface area contributed by atoms with Gasteiger partial charge in [0.15, 0.2) is 6.29 Å². The summed E-state index contributed by atoms with van der Waals surface area (Å²) in [6.07, 6.45) is 65.4. The second-order valence-electron chi connectivity index (χ2n) is 20.8. The summed E-state index contributed by atoms with van der Waals surface area (Å²) in [6.45, 7) is 3.71. The minimum Gasteiger partial charge on any atom is -0.394 e. The summed E-state index contributed by atoms with van der Waals surface area (Å²) in [5.41, 5.74) is 0. The summed E-state index contributed by atoms with van der Waals surface area (Å²) in [7, 11) is 0. The number of nitrogens with one attached hydrogen (secondary N) is 1. The second kappa shape index (κ2) is 52.1. The van der Waals surface area contributed by atoms with Gasteiger partial charge in [0.1, 0.15) is 24.4 Å². The van der Waals surface area contributed by atoms with Crippen LogP contribution >= 0.6 is 0 Å². The number of carbonyl (C=O) groups is 1. The van der Waals surface area contributed by atoms with Gasteiger partial charge in [-0.05, 0) is 64.2 Å². The first kappa shape index (κ1) is 67.6. The summed E-state index contributed by atoms with van der Waals surface area (Å²) in [4.78, 5) is 13.0. The zero-order valence-corrected chi connectivity index (χ0v) is 46.4. The van der Waals surface area contributed by atoms with Gasteiger partial charge < -0.3 is 40.3 Å². The third-order valence-electron chi connectivity index (χ3n) is 14.1. The van der Waals surface area contributed by atoms with Crippen molar-refractivity contribution in [2.24, 2.45) is 0 Å². The number of hydrogen-bond donors (Lipinski definition) is 6. The van der Waals surface area contributed by atoms with Crippen molar-refractivity contribution < 1.29 is 39.8 Å². The van der Waals surface area contributed by atoms with Crippen LogP contribution in [0.3, 0.4) is 0 Å². The van der Waals surface area contributed by atoms with E-state index in [0.717, 1.165) is 77.0 Å². The van der Waals surface area contributed by atoms with Crippen LogP contribution in [0.15, 0.2) is 72.9 Å². The highest BCUT2D eigenvalue weighted by atomic mass is 16.7. The Hall–Kier alpha value is -2.37. The maximum Gasteiger partial charge on any atom is 0.220 e. The predicted molar refractivity (Wildman–Crippen MR) is 304 cm³/mol. The molecule has 1 rings (SSSR count). The Morgan fingerprint density at radius 3 is 1.28 bits per heavy atom. The molecule has 72 heavy (non-hydrogen) atoms. The van der Waals surface area contributed by atoms with E-state index < -0.39 is 49.5 Å². The first-order chi connectivity index (χ1) is 35.3. The van der Waals surface area contributed by atoms with Crippen LogP contribution in [-0.4, -0.2) is 87.5 Å². The Morgan fingerprint density at radius 1 is 0.486 bits per heavy atom. The molecule has 7 unspecified atom stereocenters. The monoisotopic (exact) mass is 1010 g/mol. The molecule has 0 aromatic heterocycles. The fourth-order valence-corrected chi connectivity index (χ4v) is 9.34. The molecule has 0 aliphatic carbocycles. The van der Waals surface area contributed by atoms with Crippen LogP contribution in [0.1, 0.15) is 264 Å². The first-order valence-electron chi connectivity index (χ1n) is 30.1. The molecule has 1 aliphatic heterocycles. The normalized spacial score (nSPS) is 19.7. The number of unbranched alkanes of at least 4 members (excludes halogenated alkanes) is 29. The van der Waals surface area contributed by atoms with E-state index in [2.05, 4.69) is 92.1 Å². The highest BCUT2D eigenvalue weighted by Crippen LogP contribution is 2.23. The number of amides is 1. The number of hydrogen-bond acceptors (Lipinski definition) is 8. The van der Waals surface area contributed by atoms with E-state index in [9.17, 15) is 30.3 Å². The summed E-state index contributed by atoms with van der Waals surface area (Å²) in [5, 5.41) is 54.5. The van der Waals surface area contributed by atoms with Crippen molar-refractivity contribution in [2.45, 2.75) is 307 Å². The van der Waals surface area contributed by atoms with Crippen molar-refractivity contribution in [2.75, 3.05) is 13.2 Å². The lowest BCUT2D eigenvalue weighted by molar-refractivity contribution is -0.302. The summed E-state index contributed by atoms with van der Waals surface area (Å²) in [6, 6.07) is -0.718. The Kier molecular flexibility index (Phi) is 48.9. The second-order valence-corrected chi connectivity index (χ2v) is 20.8. The van der Waals surface area contributed by atoms with Crippen molar-refractivity contribution in [3.63, 3.8) is 0 Å². The van der Waals surface area contributed by atoms with Gasteiger partial charge in [-0.3, -0.25) is 4.79 Å². The van der Waals surface area contributed by atoms with Gasteiger partial charge in [0.25, 0.3) is 0 Å². The Labute approximate surface area is 442 Å². The van der Waals surface area contributed by atoms with E-state index in [1.54, 1.807) is 0 Å². The van der Waals surface area contributed by atoms with E-state index in [1.165, 1.54) is 161 Å². The summed E-state index contributed by atoms with van der Waals surface area (Å²) < 4.78 is 11.3. The van der Waals surface area contributed by atoms with Gasteiger partial charge in [-0.25, -0.2) is 0 Å². The molecule has 1 amide bonds. The van der Waals surface area contributed by atoms with E-state index in [1.807, 2.05) is 0 Å². The van der Waals surface area contributed by atoms with E-state index in [-0.39, 0.29) is 12.5 Å². The number of aliphatic hydroxyl groups is 5. The SMILES string of the molecule is CC/C=C\C/C=C\C/C=C\C/C=C\C/C=C\C/C=C\CCCCCCCCCCCCCCCCCCCCCCC(=O)NC(COC1OC(CO)C(O)C(O)C1O)C(O)CCCCCCCCCCCC. The van der Waals surface area contributed by atoms with Gasteiger partial charge in [0, 0.05) is 6.42 Å². The molecule has 1 heterocycles. The molecular weight excluding hydrogens is 899 g/mol. The maximum atomic E-state index is 13.0. The Balaban J connectivity index is 2.02. The molecule has 1 saturated heterocycles. The number of ether oxygens (including phenoxy) is 2. The van der Waals surface area contributed by atoms with Crippen LogP contribution in [0.25, 0.3) is 0 Å². The number of aliphatic hydroxyl groups excluding tert-OH is 5. The third kappa shape index (κ3) is 40.9. The Bertz CT molecular complexity index is 1360. The molecule has 7 atom stereocenters. The molecular formula is C63H113NO8. The molecule has 1 aliphatic rings. The smallest absolute Gasteiger partial charge is 0.220 e. The lowest BCUT2D eigenvalue weighted by atomic mass is 9.99. The molecule has 9 heteroatoms. The van der Waals surface area contributed by atoms with Crippen molar-refractivity contribution in [1.82, 2.24) is 5.32 Å². The molecule has 0 radical (unpaired) electrons. The van der Waals surface area contributed by atoms with E-state index in [0.29, 0.717) is 12.8 Å². The van der Waals surface area contributed by atoms with Crippen LogP contribution in [0.2, 0.25) is 0 Å². The third-order valence-corrected chi connectivity index (χ3v) is 14.1. The molecule has 9 nitrogen and oxygen atoms in total. The van der Waals surface area contributed by atoms with Crippen LogP contribution in [0.4, 0.5) is 0 Å². The highest BCUT2D eigenvalue weighted by molar-refractivity contribution is 5.76. The van der Waals surface area contributed by atoms with Crippen molar-refractivity contribution in [1.29, 1.82) is 0 Å². The van der Waals surface area contributed by atoms with Crippen molar-refractivity contribution in [3.8, 4) is 0 Å². The topological polar surface area (TPSA) is 149 Å². The standard InChI is InChI=1S/C63H113NO8/c1-3-5-7-9-11-13-15-16-17-18-19-20-21-22-23-24-25-26-27-28-29-30-31-32-33-34-35-36-37-38-39-40-41-42-43-45-47-49-51-53-59(67)64-56(55-71-63-62(70)61(69)60(68)58(54-65)72-63)57(66)52-50-48-46-44-14-12-10-8-6-4-2/h5,7,11,13,16-17,19-20,22-23,25-26,56-58,60-63,65-66,68-70H,3-4,6,8-10,12,14-15,18,21,24,27-55H2,1-2H3,(H,64,67)/b7-5-,13-11-,17-16-,20-19-,23-22-,26-25-. The largest absolute Gasteiger partial charge is 0.394 e. The summed E-state index contributed by atoms with van der Waals surface area (Å²) >= 11 is 0. The van der Waals surface area contributed by atoms with Gasteiger partial charge in [-0.1, -0.05) is 267 Å². The Morgan fingerprint density at radius 2 is 0.861 bits per heavy atom. The molecule has 1 fully saturated rings. The minimum absolute atomic E-state index is 0.137. The fraction of sp³-hybridized carbons (Fsp3) is 0.794. The van der Waals surface area contributed by atoms with Gasteiger partial charge in [-0.2, -0.15) is 0 Å². The lowest BCUT2D eigenvalue weighted by Crippen LogP contribution is -2.60. The molecule has 0 aromatic carbocycles. The minimum atomic E-state index is -1.55. The molecule has 0 aromatic rings. The number of rotatable bonds is 51. The lowest BCUT2D eigenvalue weighted by Gasteiger charge is -2.40. The van der Waals surface area contributed by atoms with E-state index in [4.69, 9.17) is 9.47 Å². The highest BCUT2D eigenvalue weighted by Gasteiger charge is 2.44. The summed E-state index contributed by atoms with van der Waals surface area (Å²) in [5.74, 6) is -0.144. The molecule has 6 N–H and O–H groups in total. The van der Waals surface area contributed by atoms with E-state index >= 15 is 0 Å². The molecule has 0 bridgehead atoms. The van der Waals surface area contributed by atoms with Gasteiger partial charge >= 0.3 is 0 Å². The van der Waals surface area contributed by atoms with Crippen LogP contribution in [-0.2, 0) is 14.3 Å². The predicted octanol–water partition coefficient (Wildman–Crippen LogP) is 15.2. The zero-order valence-electron chi connectivity index (χ0n) is 46.4.